The summed E-state index contributed by atoms with van der Waals surface area (Å²) in [6.45, 7) is 1.91. The molecule has 1 aromatic heterocycles. The van der Waals surface area contributed by atoms with Crippen molar-refractivity contribution >= 4 is 27.2 Å². The third-order valence-corrected chi connectivity index (χ3v) is 3.57. The zero-order valence-electron chi connectivity index (χ0n) is 10.0. The highest BCUT2D eigenvalue weighted by molar-refractivity contribution is 7.91. The molecule has 96 valence electrons. The molecule has 0 bridgehead atoms. The summed E-state index contributed by atoms with van der Waals surface area (Å²) in [5.41, 5.74) is 1.29. The lowest BCUT2D eigenvalue weighted by atomic mass is 10.2. The molecule has 0 spiro atoms. The fraction of sp³-hybridized carbons (Fsp3) is 0.600. The lowest BCUT2D eigenvalue weighted by Gasteiger charge is -2.01. The van der Waals surface area contributed by atoms with E-state index in [4.69, 9.17) is 11.6 Å². The zero-order valence-corrected chi connectivity index (χ0v) is 11.6. The molecule has 0 aliphatic rings. The van der Waals surface area contributed by atoms with Gasteiger partial charge in [0.05, 0.1) is 22.8 Å². The Morgan fingerprint density at radius 3 is 2.47 bits per heavy atom. The Morgan fingerprint density at radius 2 is 2.06 bits per heavy atom. The van der Waals surface area contributed by atoms with Crippen molar-refractivity contribution in [2.75, 3.05) is 12.0 Å². The van der Waals surface area contributed by atoms with Crippen LogP contribution in [0.4, 0.5) is 0 Å². The molecule has 17 heavy (non-hydrogen) atoms. The van der Waals surface area contributed by atoms with Crippen LogP contribution in [0.2, 0.25) is 5.02 Å². The molecular weight excluding hydrogens is 264 g/mol. The Kier molecular flexibility index (Phi) is 4.32. The van der Waals surface area contributed by atoms with E-state index in [2.05, 4.69) is 5.10 Å². The molecular formula is C10H15ClN2O3S. The van der Waals surface area contributed by atoms with Gasteiger partial charge in [0.15, 0.2) is 15.6 Å². The Hall–Kier alpha value is -0.880. The van der Waals surface area contributed by atoms with E-state index in [9.17, 15) is 13.2 Å². The van der Waals surface area contributed by atoms with Crippen LogP contribution in [-0.4, -0.2) is 36.0 Å². The van der Waals surface area contributed by atoms with Gasteiger partial charge in [-0.1, -0.05) is 18.5 Å². The number of hydrogen-bond donors (Lipinski definition) is 0. The minimum Gasteiger partial charge on any atom is -0.298 e. The maximum Gasteiger partial charge on any atom is 0.154 e. The van der Waals surface area contributed by atoms with Crippen molar-refractivity contribution in [3.05, 3.63) is 16.4 Å². The monoisotopic (exact) mass is 278 g/mol. The van der Waals surface area contributed by atoms with Crippen molar-refractivity contribution in [2.24, 2.45) is 7.05 Å². The molecule has 7 heteroatoms. The summed E-state index contributed by atoms with van der Waals surface area (Å²) in [6.07, 6.45) is 1.70. The van der Waals surface area contributed by atoms with Crippen molar-refractivity contribution in [3.63, 3.8) is 0 Å². The van der Waals surface area contributed by atoms with E-state index in [1.54, 1.807) is 7.05 Å². The molecule has 0 N–H and O–H groups in total. The van der Waals surface area contributed by atoms with Gasteiger partial charge in [0.2, 0.25) is 0 Å². The van der Waals surface area contributed by atoms with Crippen molar-refractivity contribution in [1.29, 1.82) is 0 Å². The van der Waals surface area contributed by atoms with Crippen LogP contribution < -0.4 is 0 Å². The number of aromatic nitrogens is 2. The highest BCUT2D eigenvalue weighted by Crippen LogP contribution is 2.21. The molecule has 0 unspecified atom stereocenters. The van der Waals surface area contributed by atoms with Crippen LogP contribution in [0, 0.1) is 0 Å². The normalized spacial score (nSPS) is 11.8. The van der Waals surface area contributed by atoms with Gasteiger partial charge >= 0.3 is 0 Å². The number of nitrogens with zero attached hydrogens (tertiary/aromatic N) is 2. The number of halogens is 1. The van der Waals surface area contributed by atoms with Crippen LogP contribution in [0.15, 0.2) is 0 Å². The Morgan fingerprint density at radius 1 is 1.47 bits per heavy atom. The van der Waals surface area contributed by atoms with Gasteiger partial charge in [-0.05, 0) is 6.42 Å². The van der Waals surface area contributed by atoms with E-state index in [-0.39, 0.29) is 12.2 Å². The summed E-state index contributed by atoms with van der Waals surface area (Å²) in [6, 6.07) is 0. The number of hydrogen-bond acceptors (Lipinski definition) is 4. The number of ketones is 1. The minimum absolute atomic E-state index is 0.00456. The van der Waals surface area contributed by atoms with Gasteiger partial charge in [-0.2, -0.15) is 5.10 Å². The molecule has 1 heterocycles. The molecule has 1 aromatic rings. The molecule has 0 radical (unpaired) electrons. The zero-order chi connectivity index (χ0) is 13.2. The largest absolute Gasteiger partial charge is 0.298 e. The molecule has 0 amide bonds. The predicted octanol–water partition coefficient (Wildman–Crippen LogP) is 0.792. The van der Waals surface area contributed by atoms with E-state index in [0.717, 1.165) is 11.9 Å². The fourth-order valence-corrected chi connectivity index (χ4v) is 2.59. The number of sulfone groups is 1. The van der Waals surface area contributed by atoms with Gasteiger partial charge in [-0.3, -0.25) is 9.48 Å². The number of aryl methyl sites for hydroxylation is 2. The van der Waals surface area contributed by atoms with Crippen LogP contribution in [0.25, 0.3) is 0 Å². The molecule has 0 fully saturated rings. The first-order valence-electron chi connectivity index (χ1n) is 5.14. The van der Waals surface area contributed by atoms with Gasteiger partial charge in [0, 0.05) is 13.3 Å². The minimum atomic E-state index is -3.29. The van der Waals surface area contributed by atoms with Crippen LogP contribution >= 0.6 is 11.6 Å². The lowest BCUT2D eigenvalue weighted by Crippen LogP contribution is -2.18. The first-order valence-corrected chi connectivity index (χ1v) is 7.58. The SMILES string of the molecule is CCc1nn(C)c(CC(=O)CS(C)(=O)=O)c1Cl. The van der Waals surface area contributed by atoms with Crippen molar-refractivity contribution in [3.8, 4) is 0 Å². The second kappa shape index (κ2) is 5.18. The molecule has 0 aromatic carbocycles. The van der Waals surface area contributed by atoms with Gasteiger partial charge in [-0.15, -0.1) is 0 Å². The third-order valence-electron chi connectivity index (χ3n) is 2.29. The lowest BCUT2D eigenvalue weighted by molar-refractivity contribution is -0.116. The van der Waals surface area contributed by atoms with E-state index in [1.165, 1.54) is 4.68 Å². The van der Waals surface area contributed by atoms with Gasteiger partial charge in [0.25, 0.3) is 0 Å². The molecule has 0 atom stereocenters. The molecule has 0 aliphatic carbocycles. The maximum absolute atomic E-state index is 11.6. The maximum atomic E-state index is 11.6. The standard InChI is InChI=1S/C10H15ClN2O3S/c1-4-8-10(11)9(13(2)12-8)5-7(14)6-17(3,15)16/h4-6H2,1-3H3. The van der Waals surface area contributed by atoms with Crippen molar-refractivity contribution in [2.45, 2.75) is 19.8 Å². The quantitative estimate of drug-likeness (QED) is 0.799. The molecule has 0 saturated heterocycles. The van der Waals surface area contributed by atoms with E-state index in [1.807, 2.05) is 6.92 Å². The summed E-state index contributed by atoms with van der Waals surface area (Å²) < 4.78 is 23.5. The summed E-state index contributed by atoms with van der Waals surface area (Å²) >= 11 is 6.06. The third kappa shape index (κ3) is 3.81. The first kappa shape index (κ1) is 14.2. The van der Waals surface area contributed by atoms with Crippen LogP contribution in [0.1, 0.15) is 18.3 Å². The number of rotatable bonds is 5. The average Bonchev–Trinajstić information content (AvgIpc) is 2.42. The molecule has 0 saturated carbocycles. The second-order valence-corrected chi connectivity index (χ2v) is 6.49. The van der Waals surface area contributed by atoms with E-state index >= 15 is 0 Å². The highest BCUT2D eigenvalue weighted by atomic mass is 35.5. The van der Waals surface area contributed by atoms with Gasteiger partial charge < -0.3 is 0 Å². The predicted molar refractivity (Wildman–Crippen MR) is 66.0 cm³/mol. The van der Waals surface area contributed by atoms with Crippen LogP contribution in [0.3, 0.4) is 0 Å². The molecule has 5 nitrogen and oxygen atoms in total. The number of carbonyl (C=O) groups is 1. The van der Waals surface area contributed by atoms with Crippen molar-refractivity contribution < 1.29 is 13.2 Å². The summed E-state index contributed by atoms with van der Waals surface area (Å²) in [4.78, 5) is 11.6. The molecule has 1 rings (SSSR count). The Balaban J connectivity index is 2.89. The smallest absolute Gasteiger partial charge is 0.154 e. The van der Waals surface area contributed by atoms with Crippen LogP contribution in [0.5, 0.6) is 0 Å². The second-order valence-electron chi connectivity index (χ2n) is 3.97. The van der Waals surface area contributed by atoms with Gasteiger partial charge in [-0.25, -0.2) is 8.42 Å². The summed E-state index contributed by atoms with van der Waals surface area (Å²) in [7, 11) is -1.60. The Bertz CT molecular complexity index is 534. The fourth-order valence-electron chi connectivity index (χ4n) is 1.54. The van der Waals surface area contributed by atoms with Crippen molar-refractivity contribution in [1.82, 2.24) is 9.78 Å². The summed E-state index contributed by atoms with van der Waals surface area (Å²) in [5, 5.41) is 4.62. The van der Waals surface area contributed by atoms with Crippen LogP contribution in [-0.2, 0) is 34.5 Å². The average molecular weight is 279 g/mol. The number of Topliss-reactive ketones (excluding diaryl/α,β-unsaturated/α-hetero) is 1. The number of carbonyl (C=O) groups excluding carboxylic acids is 1. The topological polar surface area (TPSA) is 69.0 Å². The summed E-state index contributed by atoms with van der Waals surface area (Å²) in [5.74, 6) is -0.837. The first-order chi connectivity index (χ1) is 7.74. The molecule has 0 aliphatic heterocycles. The Labute approximate surface area is 106 Å². The van der Waals surface area contributed by atoms with E-state index in [0.29, 0.717) is 17.1 Å². The van der Waals surface area contributed by atoms with Gasteiger partial charge in [0.1, 0.15) is 5.75 Å². The van der Waals surface area contributed by atoms with E-state index < -0.39 is 15.6 Å². The highest BCUT2D eigenvalue weighted by Gasteiger charge is 2.18.